The summed E-state index contributed by atoms with van der Waals surface area (Å²) in [6.45, 7) is 1.68. The molecular formula is C63H115NO18. The highest BCUT2D eigenvalue weighted by Crippen LogP contribution is 2.33. The average molecular weight is 1170 g/mol. The lowest BCUT2D eigenvalue weighted by atomic mass is 9.96. The SMILES string of the molecule is CCCCCCCCCCCCCCCCCCC/C=C/CC/C=C/CC/C=C/C(O)C(COC1OC(CO)C(OC2OC(CO)C(OC3OC(CO)C(O)C(O)C3O)C(O)C2O)C(O)C1O)NC(=O)CCCCCCCCCCCC. The highest BCUT2D eigenvalue weighted by molar-refractivity contribution is 5.76. The second kappa shape index (κ2) is 46.2. The van der Waals surface area contributed by atoms with E-state index in [1.165, 1.54) is 148 Å². The standard InChI is InChI=1S/C63H115NO18/c1-3-5-7-9-11-13-15-16-17-18-19-20-21-22-23-24-25-26-27-28-29-30-31-32-34-36-38-40-47(68)46(64-51(69)41-39-37-35-33-14-12-10-8-6-4-2)45-77-61-57(75)54(72)59(49(43-66)79-61)82-63-58(76)55(73)60(50(44-67)80-63)81-62-56(74)53(71)52(70)48(42-65)78-62/h27-28,31-32,38,40,46-50,52-63,65-68,70-76H,3-26,29-30,33-37,39,41-45H2,1-2H3,(H,64,69)/b28-27+,32-31+,40-38+. The Hall–Kier alpha value is -1.99. The summed E-state index contributed by atoms with van der Waals surface area (Å²) in [5.41, 5.74) is 0. The highest BCUT2D eigenvalue weighted by Gasteiger charge is 2.53. The Morgan fingerprint density at radius 3 is 1.22 bits per heavy atom. The average Bonchev–Trinajstić information content (AvgIpc) is 3.60. The van der Waals surface area contributed by atoms with Crippen LogP contribution >= 0.6 is 0 Å². The van der Waals surface area contributed by atoms with Gasteiger partial charge < -0.3 is 89.9 Å². The van der Waals surface area contributed by atoms with Crippen LogP contribution in [-0.2, 0) is 33.2 Å². The van der Waals surface area contributed by atoms with Crippen LogP contribution in [0.3, 0.4) is 0 Å². The molecule has 0 aromatic heterocycles. The van der Waals surface area contributed by atoms with Gasteiger partial charge in [-0.2, -0.15) is 0 Å². The van der Waals surface area contributed by atoms with Crippen LogP contribution in [0, 0.1) is 0 Å². The third-order valence-corrected chi connectivity index (χ3v) is 16.2. The van der Waals surface area contributed by atoms with Crippen LogP contribution in [0.5, 0.6) is 0 Å². The zero-order chi connectivity index (χ0) is 59.7. The second-order valence-electron chi connectivity index (χ2n) is 23.2. The molecule has 3 heterocycles. The summed E-state index contributed by atoms with van der Waals surface area (Å²) in [7, 11) is 0. The molecule has 0 aromatic carbocycles. The first-order valence-corrected chi connectivity index (χ1v) is 32.2. The third-order valence-electron chi connectivity index (χ3n) is 16.2. The van der Waals surface area contributed by atoms with E-state index in [1.54, 1.807) is 6.08 Å². The minimum atomic E-state index is -1.98. The maximum atomic E-state index is 13.3. The minimum absolute atomic E-state index is 0.234. The highest BCUT2D eigenvalue weighted by atomic mass is 16.8. The van der Waals surface area contributed by atoms with Crippen molar-refractivity contribution in [3.05, 3.63) is 36.5 Å². The third kappa shape index (κ3) is 29.1. The molecule has 0 bridgehead atoms. The van der Waals surface area contributed by atoms with Crippen LogP contribution in [0.2, 0.25) is 0 Å². The number of amides is 1. The van der Waals surface area contributed by atoms with Crippen LogP contribution in [0.4, 0.5) is 0 Å². The van der Waals surface area contributed by atoms with Crippen molar-refractivity contribution in [2.24, 2.45) is 0 Å². The molecule has 0 spiro atoms. The number of allylic oxidation sites excluding steroid dienone is 5. The second-order valence-corrected chi connectivity index (χ2v) is 23.2. The molecule has 0 radical (unpaired) electrons. The molecule has 0 aromatic rings. The summed E-state index contributed by atoms with van der Waals surface area (Å²) in [5.74, 6) is -0.292. The molecule has 0 aliphatic carbocycles. The topological polar surface area (TPSA) is 307 Å². The van der Waals surface area contributed by atoms with Crippen LogP contribution in [-0.4, -0.2) is 193 Å². The van der Waals surface area contributed by atoms with Gasteiger partial charge in [0.2, 0.25) is 5.91 Å². The normalized spacial score (nSPS) is 29.8. The van der Waals surface area contributed by atoms with Crippen molar-refractivity contribution in [1.82, 2.24) is 5.32 Å². The van der Waals surface area contributed by atoms with Crippen LogP contribution < -0.4 is 5.32 Å². The van der Waals surface area contributed by atoms with Gasteiger partial charge in [0.25, 0.3) is 0 Å². The van der Waals surface area contributed by atoms with E-state index in [2.05, 4.69) is 43.5 Å². The molecule has 17 unspecified atom stereocenters. The maximum absolute atomic E-state index is 13.3. The van der Waals surface area contributed by atoms with Gasteiger partial charge in [-0.3, -0.25) is 4.79 Å². The summed E-state index contributed by atoms with van der Waals surface area (Å²) in [5, 5.41) is 120. The van der Waals surface area contributed by atoms with Gasteiger partial charge in [0, 0.05) is 6.42 Å². The van der Waals surface area contributed by atoms with E-state index in [0.29, 0.717) is 12.8 Å². The predicted octanol–water partition coefficient (Wildman–Crippen LogP) is 6.88. The zero-order valence-corrected chi connectivity index (χ0v) is 50.2. The van der Waals surface area contributed by atoms with Crippen molar-refractivity contribution in [3.63, 3.8) is 0 Å². The molecular weight excluding hydrogens is 1060 g/mol. The van der Waals surface area contributed by atoms with Gasteiger partial charge in [-0.05, 0) is 44.9 Å². The van der Waals surface area contributed by atoms with E-state index in [9.17, 15) is 61.0 Å². The Kier molecular flexibility index (Phi) is 41.8. The maximum Gasteiger partial charge on any atom is 0.220 e. The molecule has 3 aliphatic heterocycles. The lowest BCUT2D eigenvalue weighted by Crippen LogP contribution is -2.66. The lowest BCUT2D eigenvalue weighted by molar-refractivity contribution is -0.379. The Labute approximate surface area is 491 Å². The van der Waals surface area contributed by atoms with Crippen molar-refractivity contribution in [2.45, 2.75) is 330 Å². The minimum Gasteiger partial charge on any atom is -0.394 e. The fraction of sp³-hybridized carbons (Fsp3) is 0.889. The predicted molar refractivity (Wildman–Crippen MR) is 314 cm³/mol. The Morgan fingerprint density at radius 2 is 0.780 bits per heavy atom. The summed E-state index contributed by atoms with van der Waals surface area (Å²) in [6, 6.07) is -0.992. The van der Waals surface area contributed by atoms with E-state index < -0.39 is 124 Å². The first kappa shape index (κ1) is 74.3. The number of hydrogen-bond donors (Lipinski definition) is 12. The smallest absolute Gasteiger partial charge is 0.220 e. The van der Waals surface area contributed by atoms with Gasteiger partial charge in [-0.25, -0.2) is 0 Å². The lowest BCUT2D eigenvalue weighted by Gasteiger charge is -2.48. The number of unbranched alkanes of at least 4 members (excludes halogenated alkanes) is 28. The number of aliphatic hydroxyl groups is 11. The Balaban J connectivity index is 1.44. The summed E-state index contributed by atoms with van der Waals surface area (Å²) >= 11 is 0. The van der Waals surface area contributed by atoms with Crippen molar-refractivity contribution in [3.8, 4) is 0 Å². The number of nitrogens with one attached hydrogen (secondary N) is 1. The zero-order valence-electron chi connectivity index (χ0n) is 50.2. The van der Waals surface area contributed by atoms with E-state index in [4.69, 9.17) is 28.4 Å². The Morgan fingerprint density at radius 1 is 0.427 bits per heavy atom. The largest absolute Gasteiger partial charge is 0.394 e. The molecule has 82 heavy (non-hydrogen) atoms. The number of aliphatic hydroxyl groups excluding tert-OH is 11. The van der Waals surface area contributed by atoms with Crippen LogP contribution in [0.1, 0.15) is 226 Å². The Bertz CT molecular complexity index is 1640. The van der Waals surface area contributed by atoms with Gasteiger partial charge in [0.15, 0.2) is 18.9 Å². The molecule has 0 saturated carbocycles. The molecule has 3 fully saturated rings. The van der Waals surface area contributed by atoms with Crippen molar-refractivity contribution >= 4 is 5.91 Å². The van der Waals surface area contributed by atoms with E-state index in [0.717, 1.165) is 44.9 Å². The van der Waals surface area contributed by atoms with E-state index in [-0.39, 0.29) is 18.9 Å². The summed E-state index contributed by atoms with van der Waals surface area (Å²) in [6.07, 6.45) is 24.4. The quantitative estimate of drug-likeness (QED) is 0.0218. The van der Waals surface area contributed by atoms with Crippen molar-refractivity contribution in [2.75, 3.05) is 26.4 Å². The number of ether oxygens (including phenoxy) is 6. The van der Waals surface area contributed by atoms with Gasteiger partial charge in [0.1, 0.15) is 73.2 Å². The number of rotatable bonds is 48. The molecule has 12 N–H and O–H groups in total. The first-order chi connectivity index (χ1) is 39.8. The molecule has 3 saturated heterocycles. The first-order valence-electron chi connectivity index (χ1n) is 32.2. The van der Waals surface area contributed by atoms with Crippen LogP contribution in [0.25, 0.3) is 0 Å². The monoisotopic (exact) mass is 1170 g/mol. The van der Waals surface area contributed by atoms with Gasteiger partial charge >= 0.3 is 0 Å². The van der Waals surface area contributed by atoms with E-state index >= 15 is 0 Å². The summed E-state index contributed by atoms with van der Waals surface area (Å²) < 4.78 is 34.2. The number of carbonyl (C=O) groups excluding carboxylic acids is 1. The van der Waals surface area contributed by atoms with E-state index in [1.807, 2.05) is 6.08 Å². The fourth-order valence-corrected chi connectivity index (χ4v) is 10.9. The molecule has 3 rings (SSSR count). The van der Waals surface area contributed by atoms with Gasteiger partial charge in [-0.1, -0.05) is 211 Å². The fourth-order valence-electron chi connectivity index (χ4n) is 10.9. The van der Waals surface area contributed by atoms with Crippen molar-refractivity contribution in [1.29, 1.82) is 0 Å². The molecule has 3 aliphatic rings. The molecule has 480 valence electrons. The van der Waals surface area contributed by atoms with Crippen molar-refractivity contribution < 1.29 is 89.4 Å². The molecule has 19 nitrogen and oxygen atoms in total. The van der Waals surface area contributed by atoms with Gasteiger partial charge in [-0.15, -0.1) is 0 Å². The molecule has 1 amide bonds. The number of hydrogen-bond acceptors (Lipinski definition) is 18. The van der Waals surface area contributed by atoms with Gasteiger partial charge in [0.05, 0.1) is 38.6 Å². The number of carbonyl (C=O) groups is 1. The molecule has 19 heteroatoms. The molecule has 17 atom stereocenters. The van der Waals surface area contributed by atoms with Crippen LogP contribution in [0.15, 0.2) is 36.5 Å². The summed E-state index contributed by atoms with van der Waals surface area (Å²) in [4.78, 5) is 13.3.